The maximum Gasteiger partial charge on any atom is 0.337 e. The average molecular weight is 339 g/mol. The van der Waals surface area contributed by atoms with Crippen molar-refractivity contribution >= 4 is 43.5 Å². The third-order valence-electron chi connectivity index (χ3n) is 2.07. The van der Waals surface area contributed by atoms with Crippen LogP contribution in [-0.4, -0.2) is 37.3 Å². The first-order chi connectivity index (χ1) is 7.88. The van der Waals surface area contributed by atoms with Crippen LogP contribution in [0.5, 0.6) is 0 Å². The van der Waals surface area contributed by atoms with E-state index in [1.165, 1.54) is 30.0 Å². The summed E-state index contributed by atoms with van der Waals surface area (Å²) in [4.78, 5) is 10.8. The molecule has 0 aliphatic heterocycles. The van der Waals surface area contributed by atoms with E-state index in [0.29, 0.717) is 10.2 Å². The molecule has 0 saturated heterocycles. The van der Waals surface area contributed by atoms with Gasteiger partial charge >= 0.3 is 5.97 Å². The molecule has 0 spiro atoms. The number of carboxylic acid groups (broad SMARTS) is 1. The summed E-state index contributed by atoms with van der Waals surface area (Å²) in [5.74, 6) is -0.862. The van der Waals surface area contributed by atoms with Crippen LogP contribution >= 0.6 is 27.7 Å². The van der Waals surface area contributed by atoms with Crippen LogP contribution in [0, 0.1) is 0 Å². The molecule has 4 nitrogen and oxygen atoms in total. The van der Waals surface area contributed by atoms with E-state index in [9.17, 15) is 13.2 Å². The van der Waals surface area contributed by atoms with Crippen molar-refractivity contribution in [3.63, 3.8) is 0 Å². The molecular formula is C10H11BrO4S2. The van der Waals surface area contributed by atoms with E-state index < -0.39 is 15.8 Å². The van der Waals surface area contributed by atoms with Crippen LogP contribution < -0.4 is 0 Å². The topological polar surface area (TPSA) is 71.4 Å². The molecular weight excluding hydrogens is 328 g/mol. The predicted molar refractivity (Wildman–Crippen MR) is 71.5 cm³/mol. The molecule has 0 fully saturated rings. The highest BCUT2D eigenvalue weighted by Gasteiger charge is 2.22. The third kappa shape index (κ3) is 3.72. The Balaban J connectivity index is 3.28. The summed E-state index contributed by atoms with van der Waals surface area (Å²) < 4.78 is 24.5. The number of thioether (sulfide) groups is 1. The van der Waals surface area contributed by atoms with Gasteiger partial charge < -0.3 is 5.11 Å². The molecule has 0 amide bonds. The minimum absolute atomic E-state index is 0.0646. The molecule has 17 heavy (non-hydrogen) atoms. The van der Waals surface area contributed by atoms with Crippen LogP contribution in [0.4, 0.5) is 0 Å². The second kappa shape index (κ2) is 5.88. The molecule has 0 aliphatic carbocycles. The van der Waals surface area contributed by atoms with E-state index in [-0.39, 0.29) is 16.2 Å². The molecule has 7 heteroatoms. The molecule has 1 N–H and O–H groups in total. The highest BCUT2D eigenvalue weighted by atomic mass is 79.9. The summed E-state index contributed by atoms with van der Waals surface area (Å²) in [7, 11) is -3.55. The molecule has 1 aromatic rings. The lowest BCUT2D eigenvalue weighted by Gasteiger charge is -2.07. The molecule has 94 valence electrons. The van der Waals surface area contributed by atoms with Crippen molar-refractivity contribution in [1.29, 1.82) is 0 Å². The quantitative estimate of drug-likeness (QED) is 0.891. The van der Waals surface area contributed by atoms with Crippen LogP contribution in [0.3, 0.4) is 0 Å². The Hall–Kier alpha value is -0.530. The molecule has 0 radical (unpaired) electrons. The second-order valence-electron chi connectivity index (χ2n) is 3.26. The summed E-state index contributed by atoms with van der Waals surface area (Å²) in [6.45, 7) is 0. The van der Waals surface area contributed by atoms with Gasteiger partial charge in [-0.05, 0) is 24.5 Å². The summed E-state index contributed by atoms with van der Waals surface area (Å²) in [6, 6.07) is 4.13. The number of carboxylic acids is 1. The standard InChI is InChI=1S/C10H11BrO4S2/c1-16-4-5-17(14,15)9-6-7(11)2-3-8(9)10(12)13/h2-3,6H,4-5H2,1H3,(H,12,13). The molecule has 0 aliphatic rings. The number of aromatic carboxylic acids is 1. The van der Waals surface area contributed by atoms with Gasteiger partial charge in [0.2, 0.25) is 0 Å². The first-order valence-corrected chi connectivity index (χ1v) is 8.47. The van der Waals surface area contributed by atoms with E-state index in [1.807, 2.05) is 0 Å². The van der Waals surface area contributed by atoms with Crippen LogP contribution in [0.1, 0.15) is 10.4 Å². The van der Waals surface area contributed by atoms with Gasteiger partial charge in [-0.15, -0.1) is 0 Å². The molecule has 0 saturated carbocycles. The zero-order chi connectivity index (χ0) is 13.1. The van der Waals surface area contributed by atoms with Gasteiger partial charge in [0.15, 0.2) is 9.84 Å². The molecule has 0 heterocycles. The van der Waals surface area contributed by atoms with Crippen molar-refractivity contribution in [3.8, 4) is 0 Å². The molecule has 1 aromatic carbocycles. The lowest BCUT2D eigenvalue weighted by Crippen LogP contribution is -2.13. The van der Waals surface area contributed by atoms with Crippen LogP contribution in [0.15, 0.2) is 27.6 Å². The lowest BCUT2D eigenvalue weighted by atomic mass is 10.2. The predicted octanol–water partition coefficient (Wildman–Crippen LogP) is 2.28. The first kappa shape index (κ1) is 14.5. The van der Waals surface area contributed by atoms with Crippen LogP contribution in [0.2, 0.25) is 0 Å². The largest absolute Gasteiger partial charge is 0.478 e. The minimum Gasteiger partial charge on any atom is -0.478 e. The Labute approximate surface area is 112 Å². The Morgan fingerprint density at radius 2 is 2.12 bits per heavy atom. The lowest BCUT2D eigenvalue weighted by molar-refractivity contribution is 0.0692. The molecule has 0 unspecified atom stereocenters. The number of sulfone groups is 1. The summed E-state index contributed by atoms with van der Waals surface area (Å²) in [5, 5.41) is 8.96. The number of hydrogen-bond donors (Lipinski definition) is 1. The fraction of sp³-hybridized carbons (Fsp3) is 0.300. The number of rotatable bonds is 5. The van der Waals surface area contributed by atoms with Gasteiger partial charge in [-0.3, -0.25) is 0 Å². The number of benzene rings is 1. The third-order valence-corrected chi connectivity index (χ3v) is 5.18. The SMILES string of the molecule is CSCCS(=O)(=O)c1cc(Br)ccc1C(=O)O. The zero-order valence-corrected chi connectivity index (χ0v) is 12.2. The van der Waals surface area contributed by atoms with E-state index in [2.05, 4.69) is 15.9 Å². The molecule has 0 atom stereocenters. The first-order valence-electron chi connectivity index (χ1n) is 4.63. The van der Waals surface area contributed by atoms with Gasteiger partial charge in [-0.2, -0.15) is 11.8 Å². The minimum atomic E-state index is -3.55. The fourth-order valence-corrected chi connectivity index (χ4v) is 4.31. The smallest absolute Gasteiger partial charge is 0.337 e. The Bertz CT molecular complexity index is 525. The summed E-state index contributed by atoms with van der Waals surface area (Å²) in [5.41, 5.74) is -0.186. The van der Waals surface area contributed by atoms with E-state index in [0.717, 1.165) is 0 Å². The fourth-order valence-electron chi connectivity index (χ4n) is 1.23. The highest BCUT2D eigenvalue weighted by molar-refractivity contribution is 9.10. The number of hydrogen-bond acceptors (Lipinski definition) is 4. The van der Waals surface area contributed by atoms with E-state index in [1.54, 1.807) is 6.26 Å². The second-order valence-corrected chi connectivity index (χ2v) is 7.24. The maximum absolute atomic E-state index is 12.0. The van der Waals surface area contributed by atoms with Crippen molar-refractivity contribution in [2.24, 2.45) is 0 Å². The van der Waals surface area contributed by atoms with Gasteiger partial charge in [-0.1, -0.05) is 15.9 Å². The van der Waals surface area contributed by atoms with Crippen molar-refractivity contribution in [1.82, 2.24) is 0 Å². The number of halogens is 1. The Kier molecular flexibility index (Phi) is 5.03. The maximum atomic E-state index is 12.0. The zero-order valence-electron chi connectivity index (χ0n) is 9.01. The van der Waals surface area contributed by atoms with Gasteiger partial charge in [0, 0.05) is 10.2 Å². The van der Waals surface area contributed by atoms with E-state index >= 15 is 0 Å². The van der Waals surface area contributed by atoms with Gasteiger partial charge in [0.25, 0.3) is 0 Å². The van der Waals surface area contributed by atoms with Crippen LogP contribution in [-0.2, 0) is 9.84 Å². The van der Waals surface area contributed by atoms with Gasteiger partial charge in [0.1, 0.15) is 0 Å². The van der Waals surface area contributed by atoms with Crippen molar-refractivity contribution in [2.75, 3.05) is 17.8 Å². The highest BCUT2D eigenvalue weighted by Crippen LogP contribution is 2.23. The van der Waals surface area contributed by atoms with Gasteiger partial charge in [0.05, 0.1) is 16.2 Å². The summed E-state index contributed by atoms with van der Waals surface area (Å²) in [6.07, 6.45) is 1.80. The monoisotopic (exact) mass is 338 g/mol. The van der Waals surface area contributed by atoms with Gasteiger partial charge in [-0.25, -0.2) is 13.2 Å². The molecule has 1 rings (SSSR count). The molecule has 0 bridgehead atoms. The Morgan fingerprint density at radius 1 is 1.47 bits per heavy atom. The van der Waals surface area contributed by atoms with Crippen LogP contribution in [0.25, 0.3) is 0 Å². The molecule has 0 aromatic heterocycles. The Morgan fingerprint density at radius 3 is 2.65 bits per heavy atom. The number of carbonyl (C=O) groups is 1. The average Bonchev–Trinajstić information content (AvgIpc) is 2.26. The normalized spacial score (nSPS) is 11.4. The van der Waals surface area contributed by atoms with Crippen molar-refractivity contribution in [3.05, 3.63) is 28.2 Å². The van der Waals surface area contributed by atoms with E-state index in [4.69, 9.17) is 5.11 Å². The van der Waals surface area contributed by atoms with Crippen molar-refractivity contribution in [2.45, 2.75) is 4.90 Å². The van der Waals surface area contributed by atoms with Crippen molar-refractivity contribution < 1.29 is 18.3 Å². The summed E-state index contributed by atoms with van der Waals surface area (Å²) >= 11 is 4.55.